The highest BCUT2D eigenvalue weighted by Crippen LogP contribution is 2.35. The molecule has 2 aliphatic rings. The lowest BCUT2D eigenvalue weighted by Crippen LogP contribution is -2.35. The molecule has 134 valence electrons. The fourth-order valence-electron chi connectivity index (χ4n) is 3.29. The van der Waals surface area contributed by atoms with Crippen LogP contribution in [-0.2, 0) is 14.8 Å². The van der Waals surface area contributed by atoms with Crippen LogP contribution in [0.15, 0.2) is 12.4 Å². The van der Waals surface area contributed by atoms with Crippen LogP contribution in [0.1, 0.15) is 6.92 Å². The van der Waals surface area contributed by atoms with Crippen molar-refractivity contribution in [2.75, 3.05) is 55.9 Å². The Kier molecular flexibility index (Phi) is 4.93. The Balaban J connectivity index is 1.65. The number of anilines is 2. The van der Waals surface area contributed by atoms with Crippen LogP contribution < -0.4 is 14.5 Å². The number of hydrogen-bond acceptors (Lipinski definition) is 7. The number of fused-ring (bicyclic) bond motifs is 1. The minimum absolute atomic E-state index is 0.106. The molecule has 3 heterocycles. The summed E-state index contributed by atoms with van der Waals surface area (Å²) >= 11 is 0. The maximum absolute atomic E-state index is 11.7. The van der Waals surface area contributed by atoms with E-state index < -0.39 is 10.0 Å². The molecule has 0 aliphatic carbocycles. The molecule has 2 saturated heterocycles. The summed E-state index contributed by atoms with van der Waals surface area (Å²) in [7, 11) is 0.735. The Morgan fingerprint density at radius 1 is 1.38 bits per heavy atom. The van der Waals surface area contributed by atoms with Crippen LogP contribution in [0.5, 0.6) is 0 Å². The summed E-state index contributed by atoms with van der Waals surface area (Å²) in [6, 6.07) is 1.97. The highest BCUT2D eigenvalue weighted by Gasteiger charge is 2.44. The lowest BCUT2D eigenvalue weighted by Gasteiger charge is -2.22. The van der Waals surface area contributed by atoms with Crippen LogP contribution in [0, 0.1) is 11.8 Å². The molecule has 3 atom stereocenters. The minimum atomic E-state index is -3.16. The average molecular weight is 355 g/mol. The van der Waals surface area contributed by atoms with Gasteiger partial charge in [-0.3, -0.25) is 0 Å². The fourth-order valence-corrected chi connectivity index (χ4v) is 3.96. The van der Waals surface area contributed by atoms with Gasteiger partial charge in [0.15, 0.2) is 0 Å². The van der Waals surface area contributed by atoms with Gasteiger partial charge in [-0.2, -0.15) is 0 Å². The largest absolute Gasteiger partial charge is 0.376 e. The first-order chi connectivity index (χ1) is 11.4. The summed E-state index contributed by atoms with van der Waals surface area (Å²) in [5, 5.41) is 0. The van der Waals surface area contributed by atoms with Gasteiger partial charge >= 0.3 is 0 Å². The van der Waals surface area contributed by atoms with Crippen LogP contribution >= 0.6 is 0 Å². The smallest absolute Gasteiger partial charge is 0.211 e. The fraction of sp³-hybridized carbons (Fsp3) is 0.733. The second kappa shape index (κ2) is 6.81. The van der Waals surface area contributed by atoms with Crippen molar-refractivity contribution in [2.24, 2.45) is 11.8 Å². The van der Waals surface area contributed by atoms with E-state index in [4.69, 9.17) is 4.74 Å². The van der Waals surface area contributed by atoms with E-state index in [9.17, 15) is 8.42 Å². The van der Waals surface area contributed by atoms with Gasteiger partial charge in [-0.25, -0.2) is 23.1 Å². The third-order valence-electron chi connectivity index (χ3n) is 4.80. The van der Waals surface area contributed by atoms with E-state index in [-0.39, 0.29) is 17.8 Å². The summed E-state index contributed by atoms with van der Waals surface area (Å²) in [4.78, 5) is 12.8. The van der Waals surface area contributed by atoms with Gasteiger partial charge in [0.1, 0.15) is 18.0 Å². The molecular weight excluding hydrogens is 330 g/mol. The highest BCUT2D eigenvalue weighted by molar-refractivity contribution is 7.89. The average Bonchev–Trinajstić information content (AvgIpc) is 3.14. The standard InChI is InChI=1S/C15H25N5O3S/c1-4-24(21,22)18-6-11-9-23-13-8-20(7-12(11)13)15-5-14(19(2)3)16-10-17-15/h5,10-13,18H,4,6-9H2,1-3H3/t11-,12-,13-/m0/s1. The molecule has 0 saturated carbocycles. The van der Waals surface area contributed by atoms with Crippen molar-refractivity contribution in [1.29, 1.82) is 0 Å². The molecule has 2 fully saturated rings. The van der Waals surface area contributed by atoms with E-state index in [2.05, 4.69) is 19.6 Å². The summed E-state index contributed by atoms with van der Waals surface area (Å²) in [5.74, 6) is 2.39. The molecule has 0 spiro atoms. The van der Waals surface area contributed by atoms with E-state index in [1.54, 1.807) is 13.3 Å². The molecule has 9 heteroatoms. The Bertz CT molecular complexity index is 681. The van der Waals surface area contributed by atoms with Crippen molar-refractivity contribution >= 4 is 21.7 Å². The zero-order valence-corrected chi connectivity index (χ0v) is 15.2. The first-order valence-corrected chi connectivity index (χ1v) is 9.88. The van der Waals surface area contributed by atoms with E-state index in [1.807, 2.05) is 25.1 Å². The second-order valence-electron chi connectivity index (χ2n) is 6.58. The minimum Gasteiger partial charge on any atom is -0.376 e. The third kappa shape index (κ3) is 3.62. The Labute approximate surface area is 143 Å². The topological polar surface area (TPSA) is 87.7 Å². The van der Waals surface area contributed by atoms with Crippen LogP contribution in [0.3, 0.4) is 0 Å². The Morgan fingerprint density at radius 3 is 2.88 bits per heavy atom. The molecule has 0 radical (unpaired) electrons. The molecule has 8 nitrogen and oxygen atoms in total. The van der Waals surface area contributed by atoms with Crippen molar-refractivity contribution in [1.82, 2.24) is 14.7 Å². The molecule has 1 aromatic heterocycles. The monoisotopic (exact) mass is 355 g/mol. The second-order valence-corrected chi connectivity index (χ2v) is 8.68. The van der Waals surface area contributed by atoms with Gasteiger partial charge in [-0.1, -0.05) is 0 Å². The molecule has 0 amide bonds. The SMILES string of the molecule is CCS(=O)(=O)NC[C@H]1CO[C@H]2CN(c3cc(N(C)C)ncn3)C[C@@H]12. The van der Waals surface area contributed by atoms with Gasteiger partial charge in [-0.15, -0.1) is 0 Å². The van der Waals surface area contributed by atoms with Gasteiger partial charge in [-0.05, 0) is 6.92 Å². The first-order valence-electron chi connectivity index (χ1n) is 8.23. The normalized spacial score (nSPS) is 26.6. The third-order valence-corrected chi connectivity index (χ3v) is 6.17. The molecule has 1 aromatic rings. The molecule has 0 bridgehead atoms. The van der Waals surface area contributed by atoms with Gasteiger partial charge in [0.25, 0.3) is 0 Å². The maximum atomic E-state index is 11.7. The van der Waals surface area contributed by atoms with Gasteiger partial charge in [0, 0.05) is 51.6 Å². The molecular formula is C15H25N5O3S. The highest BCUT2D eigenvalue weighted by atomic mass is 32.2. The van der Waals surface area contributed by atoms with Crippen LogP contribution in [-0.4, -0.2) is 70.6 Å². The number of sulfonamides is 1. The zero-order valence-electron chi connectivity index (χ0n) is 14.3. The molecule has 3 rings (SSSR count). The predicted octanol–water partition coefficient (Wildman–Crippen LogP) is -0.0669. The van der Waals surface area contributed by atoms with E-state index in [0.717, 1.165) is 24.7 Å². The lowest BCUT2D eigenvalue weighted by molar-refractivity contribution is 0.111. The number of rotatable bonds is 6. The number of hydrogen-bond donors (Lipinski definition) is 1. The van der Waals surface area contributed by atoms with Crippen molar-refractivity contribution < 1.29 is 13.2 Å². The summed E-state index contributed by atoms with van der Waals surface area (Å²) in [6.07, 6.45) is 1.71. The van der Waals surface area contributed by atoms with Gasteiger partial charge in [0.2, 0.25) is 10.0 Å². The van der Waals surface area contributed by atoms with Crippen molar-refractivity contribution in [2.45, 2.75) is 13.0 Å². The van der Waals surface area contributed by atoms with E-state index in [1.165, 1.54) is 0 Å². The van der Waals surface area contributed by atoms with Crippen molar-refractivity contribution in [3.05, 3.63) is 12.4 Å². The number of aromatic nitrogens is 2. The molecule has 0 aromatic carbocycles. The Hall–Kier alpha value is -1.45. The molecule has 2 aliphatic heterocycles. The molecule has 24 heavy (non-hydrogen) atoms. The molecule has 1 N–H and O–H groups in total. The summed E-state index contributed by atoms with van der Waals surface area (Å²) in [5.41, 5.74) is 0. The van der Waals surface area contributed by atoms with Crippen molar-refractivity contribution in [3.63, 3.8) is 0 Å². The van der Waals surface area contributed by atoms with Crippen LogP contribution in [0.2, 0.25) is 0 Å². The summed E-state index contributed by atoms with van der Waals surface area (Å²) < 4.78 is 31.9. The first kappa shape index (κ1) is 17.4. The number of nitrogens with zero attached hydrogens (tertiary/aromatic N) is 4. The predicted molar refractivity (Wildman–Crippen MR) is 92.8 cm³/mol. The molecule has 0 unspecified atom stereocenters. The van der Waals surface area contributed by atoms with Crippen LogP contribution in [0.25, 0.3) is 0 Å². The van der Waals surface area contributed by atoms with Crippen LogP contribution in [0.4, 0.5) is 11.6 Å². The number of nitrogens with one attached hydrogen (secondary N) is 1. The maximum Gasteiger partial charge on any atom is 0.211 e. The van der Waals surface area contributed by atoms with Crippen molar-refractivity contribution in [3.8, 4) is 0 Å². The zero-order chi connectivity index (χ0) is 17.3. The van der Waals surface area contributed by atoms with E-state index in [0.29, 0.717) is 19.1 Å². The quantitative estimate of drug-likeness (QED) is 0.764. The van der Waals surface area contributed by atoms with Gasteiger partial charge < -0.3 is 14.5 Å². The Morgan fingerprint density at radius 2 is 2.17 bits per heavy atom. The lowest BCUT2D eigenvalue weighted by atomic mass is 9.93. The van der Waals surface area contributed by atoms with Gasteiger partial charge in [0.05, 0.1) is 18.5 Å². The summed E-state index contributed by atoms with van der Waals surface area (Å²) in [6.45, 7) is 4.31. The number of ether oxygens (including phenoxy) is 1. The van der Waals surface area contributed by atoms with E-state index >= 15 is 0 Å².